The second-order valence-corrected chi connectivity index (χ2v) is 5.87. The van der Waals surface area contributed by atoms with Gasteiger partial charge in [0.25, 0.3) is 0 Å². The highest BCUT2D eigenvalue weighted by Gasteiger charge is 2.40. The van der Waals surface area contributed by atoms with E-state index >= 15 is 0 Å². The van der Waals surface area contributed by atoms with E-state index in [-0.39, 0.29) is 5.91 Å². The number of aliphatic hydroxyl groups is 1. The summed E-state index contributed by atoms with van der Waals surface area (Å²) in [7, 11) is 0. The topological polar surface area (TPSA) is 43.8 Å². The van der Waals surface area contributed by atoms with Crippen molar-refractivity contribution in [3.05, 3.63) is 0 Å². The molecule has 0 unspecified atom stereocenters. The quantitative estimate of drug-likeness (QED) is 0.824. The van der Waals surface area contributed by atoms with E-state index < -0.39 is 5.60 Å². The maximum Gasteiger partial charge on any atom is 0.236 e. The summed E-state index contributed by atoms with van der Waals surface area (Å²) in [5.41, 5.74) is -0.531. The first kappa shape index (κ1) is 13.8. The average molecular weight is 254 g/mol. The molecule has 2 aliphatic rings. The number of β-amino-alcohol motifs (C(OH)–C–C–N with tert-alkyl or cyclic N) is 1. The largest absolute Gasteiger partial charge is 0.387 e. The molecule has 18 heavy (non-hydrogen) atoms. The summed E-state index contributed by atoms with van der Waals surface area (Å²) in [4.78, 5) is 16.2. The fourth-order valence-electron chi connectivity index (χ4n) is 2.91. The molecule has 0 aromatic carbocycles. The number of hydrogen-bond acceptors (Lipinski definition) is 3. The minimum atomic E-state index is -0.531. The Balaban J connectivity index is 1.74. The van der Waals surface area contributed by atoms with E-state index in [4.69, 9.17) is 0 Å². The van der Waals surface area contributed by atoms with Crippen LogP contribution in [0.15, 0.2) is 0 Å². The summed E-state index contributed by atoms with van der Waals surface area (Å²) >= 11 is 0. The zero-order valence-corrected chi connectivity index (χ0v) is 11.5. The van der Waals surface area contributed by atoms with Crippen molar-refractivity contribution in [1.29, 1.82) is 0 Å². The molecule has 0 spiro atoms. The van der Waals surface area contributed by atoms with Crippen LogP contribution in [0.2, 0.25) is 0 Å². The zero-order valence-electron chi connectivity index (χ0n) is 11.5. The van der Waals surface area contributed by atoms with E-state index in [0.29, 0.717) is 19.6 Å². The average Bonchev–Trinajstić information content (AvgIpc) is 2.26. The van der Waals surface area contributed by atoms with Crippen molar-refractivity contribution in [2.75, 3.05) is 32.7 Å². The fourth-order valence-corrected chi connectivity index (χ4v) is 2.91. The molecule has 2 rings (SSSR count). The van der Waals surface area contributed by atoms with Gasteiger partial charge in [0.1, 0.15) is 0 Å². The van der Waals surface area contributed by atoms with Crippen molar-refractivity contribution in [3.8, 4) is 0 Å². The normalized spacial score (nSPS) is 25.1. The third-order valence-corrected chi connectivity index (χ3v) is 4.26. The predicted molar refractivity (Wildman–Crippen MR) is 71.3 cm³/mol. The Morgan fingerprint density at radius 1 is 1.11 bits per heavy atom. The van der Waals surface area contributed by atoms with Crippen molar-refractivity contribution in [1.82, 2.24) is 9.80 Å². The van der Waals surface area contributed by atoms with Crippen molar-refractivity contribution >= 4 is 5.91 Å². The Labute approximate surface area is 110 Å². The molecular formula is C14H26N2O2. The fraction of sp³-hybridized carbons (Fsp3) is 0.929. The molecule has 1 N–H and O–H groups in total. The molecule has 2 saturated heterocycles. The lowest BCUT2D eigenvalue weighted by Gasteiger charge is -2.46. The molecule has 0 aliphatic carbocycles. The van der Waals surface area contributed by atoms with Crippen molar-refractivity contribution in [2.24, 2.45) is 0 Å². The molecule has 0 radical (unpaired) electrons. The van der Waals surface area contributed by atoms with Gasteiger partial charge < -0.3 is 10.0 Å². The van der Waals surface area contributed by atoms with Crippen LogP contribution in [0.25, 0.3) is 0 Å². The Bertz CT molecular complexity index is 280. The Morgan fingerprint density at radius 2 is 1.67 bits per heavy atom. The number of likely N-dealkylation sites (tertiary alicyclic amines) is 2. The highest BCUT2D eigenvalue weighted by atomic mass is 16.3. The minimum absolute atomic E-state index is 0.245. The van der Waals surface area contributed by atoms with E-state index in [2.05, 4.69) is 4.90 Å². The maximum absolute atomic E-state index is 12.2. The van der Waals surface area contributed by atoms with Crippen LogP contribution in [0.1, 0.15) is 45.4 Å². The Morgan fingerprint density at radius 3 is 2.22 bits per heavy atom. The summed E-state index contributed by atoms with van der Waals surface area (Å²) < 4.78 is 0. The highest BCUT2D eigenvalue weighted by molar-refractivity contribution is 5.78. The number of amides is 1. The van der Waals surface area contributed by atoms with Crippen molar-refractivity contribution < 1.29 is 9.90 Å². The van der Waals surface area contributed by atoms with Gasteiger partial charge in [-0.15, -0.1) is 0 Å². The van der Waals surface area contributed by atoms with Gasteiger partial charge in [-0.05, 0) is 19.3 Å². The predicted octanol–water partition coefficient (Wildman–Crippen LogP) is 1.24. The second kappa shape index (κ2) is 6.02. The van der Waals surface area contributed by atoms with Crippen molar-refractivity contribution in [2.45, 2.75) is 51.0 Å². The first-order chi connectivity index (χ1) is 8.63. The first-order valence-corrected chi connectivity index (χ1v) is 7.35. The van der Waals surface area contributed by atoms with Gasteiger partial charge in [-0.2, -0.15) is 0 Å². The molecule has 2 fully saturated rings. The van der Waals surface area contributed by atoms with Crippen LogP contribution < -0.4 is 0 Å². The standard InChI is InChI=1S/C14H26N2O2/c1-2-14(18)11-15(12-14)10-13(17)16-8-6-4-3-5-7-9-16/h18H,2-12H2,1H3. The molecule has 0 aromatic heterocycles. The van der Waals surface area contributed by atoms with Crippen LogP contribution in [0.3, 0.4) is 0 Å². The SMILES string of the molecule is CCC1(O)CN(CC(=O)N2CCCCCCC2)C1. The number of hydrogen-bond donors (Lipinski definition) is 1. The van der Waals surface area contributed by atoms with E-state index in [1.807, 2.05) is 11.8 Å². The van der Waals surface area contributed by atoms with Gasteiger partial charge in [-0.3, -0.25) is 9.69 Å². The third-order valence-electron chi connectivity index (χ3n) is 4.26. The Kier molecular flexibility index (Phi) is 4.62. The maximum atomic E-state index is 12.2. The molecule has 0 saturated carbocycles. The summed E-state index contributed by atoms with van der Waals surface area (Å²) in [5.74, 6) is 0.245. The van der Waals surface area contributed by atoms with Crippen molar-refractivity contribution in [3.63, 3.8) is 0 Å². The highest BCUT2D eigenvalue weighted by Crippen LogP contribution is 2.23. The molecule has 2 heterocycles. The molecule has 4 heteroatoms. The smallest absolute Gasteiger partial charge is 0.236 e. The lowest BCUT2D eigenvalue weighted by Crippen LogP contribution is -2.63. The summed E-state index contributed by atoms with van der Waals surface area (Å²) in [6.45, 7) is 5.64. The molecular weight excluding hydrogens is 228 g/mol. The van der Waals surface area contributed by atoms with Gasteiger partial charge in [0.2, 0.25) is 5.91 Å². The molecule has 0 atom stereocenters. The third kappa shape index (κ3) is 3.45. The molecule has 0 bridgehead atoms. The van der Waals surface area contributed by atoms with Crippen LogP contribution >= 0.6 is 0 Å². The lowest BCUT2D eigenvalue weighted by molar-refractivity contribution is -0.142. The van der Waals surface area contributed by atoms with Crippen LogP contribution in [-0.4, -0.2) is 59.1 Å². The second-order valence-electron chi connectivity index (χ2n) is 5.87. The van der Waals surface area contributed by atoms with Crippen LogP contribution in [-0.2, 0) is 4.79 Å². The first-order valence-electron chi connectivity index (χ1n) is 7.35. The number of nitrogens with zero attached hydrogens (tertiary/aromatic N) is 2. The molecule has 4 nitrogen and oxygen atoms in total. The van der Waals surface area contributed by atoms with Crippen LogP contribution in [0.5, 0.6) is 0 Å². The monoisotopic (exact) mass is 254 g/mol. The van der Waals surface area contributed by atoms with E-state index in [0.717, 1.165) is 32.4 Å². The van der Waals surface area contributed by atoms with Gasteiger partial charge in [0.05, 0.1) is 12.1 Å². The lowest BCUT2D eigenvalue weighted by atomic mass is 9.91. The van der Waals surface area contributed by atoms with E-state index in [9.17, 15) is 9.90 Å². The number of rotatable bonds is 3. The molecule has 2 aliphatic heterocycles. The number of carbonyl (C=O) groups is 1. The van der Waals surface area contributed by atoms with Gasteiger partial charge in [-0.1, -0.05) is 26.2 Å². The summed E-state index contributed by atoms with van der Waals surface area (Å²) in [6.07, 6.45) is 6.89. The van der Waals surface area contributed by atoms with Gasteiger partial charge >= 0.3 is 0 Å². The van der Waals surface area contributed by atoms with Gasteiger partial charge in [0.15, 0.2) is 0 Å². The van der Waals surface area contributed by atoms with Gasteiger partial charge in [0, 0.05) is 26.2 Å². The van der Waals surface area contributed by atoms with E-state index in [1.165, 1.54) is 19.3 Å². The zero-order chi connectivity index (χ0) is 13.0. The van der Waals surface area contributed by atoms with Crippen LogP contribution in [0, 0.1) is 0 Å². The van der Waals surface area contributed by atoms with E-state index in [1.54, 1.807) is 0 Å². The molecule has 0 aromatic rings. The number of carbonyl (C=O) groups excluding carboxylic acids is 1. The summed E-state index contributed by atoms with van der Waals surface area (Å²) in [6, 6.07) is 0. The Hall–Kier alpha value is -0.610. The minimum Gasteiger partial charge on any atom is -0.387 e. The summed E-state index contributed by atoms with van der Waals surface area (Å²) in [5, 5.41) is 9.93. The molecule has 1 amide bonds. The van der Waals surface area contributed by atoms with Gasteiger partial charge in [-0.25, -0.2) is 0 Å². The van der Waals surface area contributed by atoms with Crippen LogP contribution in [0.4, 0.5) is 0 Å². The molecule has 104 valence electrons.